The van der Waals surface area contributed by atoms with E-state index in [4.69, 9.17) is 10.5 Å². The van der Waals surface area contributed by atoms with Crippen molar-refractivity contribution in [1.82, 2.24) is 0 Å². The van der Waals surface area contributed by atoms with Crippen LogP contribution in [0, 0.1) is 22.9 Å². The molecule has 0 aromatic heterocycles. The Morgan fingerprint density at radius 2 is 2.05 bits per heavy atom. The molecule has 0 heterocycles. The van der Waals surface area contributed by atoms with Gasteiger partial charge in [-0.3, -0.25) is 10.1 Å². The molecule has 0 fully saturated rings. The highest BCUT2D eigenvalue weighted by Gasteiger charge is 2.16. The number of nitro groups is 1. The van der Waals surface area contributed by atoms with E-state index in [-0.39, 0.29) is 11.4 Å². The van der Waals surface area contributed by atoms with Gasteiger partial charge in [0.25, 0.3) is 0 Å². The van der Waals surface area contributed by atoms with Crippen molar-refractivity contribution in [2.24, 2.45) is 5.73 Å². The number of nitrogens with zero attached hydrogens (tertiary/aromatic N) is 1. The molecular formula is C14H13FN2O3. The Bertz CT molecular complexity index is 659. The van der Waals surface area contributed by atoms with E-state index in [0.29, 0.717) is 12.3 Å². The van der Waals surface area contributed by atoms with E-state index in [1.165, 1.54) is 0 Å². The van der Waals surface area contributed by atoms with E-state index in [1.807, 2.05) is 6.92 Å². The summed E-state index contributed by atoms with van der Waals surface area (Å²) in [5.41, 5.74) is 7.13. The smallest absolute Gasteiger partial charge is 0.311 e. The molecule has 6 heteroatoms. The number of hydrogen-bond donors (Lipinski definition) is 1. The molecule has 0 aliphatic carbocycles. The summed E-state index contributed by atoms with van der Waals surface area (Å²) in [4.78, 5) is 10.3. The van der Waals surface area contributed by atoms with Crippen molar-refractivity contribution < 1.29 is 14.1 Å². The Hall–Kier alpha value is -2.47. The van der Waals surface area contributed by atoms with Crippen molar-refractivity contribution in [3.05, 3.63) is 63.5 Å². The van der Waals surface area contributed by atoms with Crippen LogP contribution < -0.4 is 10.5 Å². The Morgan fingerprint density at radius 3 is 2.65 bits per heavy atom. The van der Waals surface area contributed by atoms with E-state index >= 15 is 0 Å². The Morgan fingerprint density at radius 1 is 1.30 bits per heavy atom. The topological polar surface area (TPSA) is 78.4 Å². The minimum Gasteiger partial charge on any atom is -0.450 e. The van der Waals surface area contributed by atoms with E-state index in [0.717, 1.165) is 29.3 Å². The summed E-state index contributed by atoms with van der Waals surface area (Å²) >= 11 is 0. The molecular weight excluding hydrogens is 263 g/mol. The molecule has 2 rings (SSSR count). The molecule has 0 aliphatic heterocycles. The van der Waals surface area contributed by atoms with Crippen LogP contribution in [0.15, 0.2) is 36.4 Å². The van der Waals surface area contributed by atoms with Gasteiger partial charge in [0, 0.05) is 18.7 Å². The van der Waals surface area contributed by atoms with Gasteiger partial charge in [-0.2, -0.15) is 0 Å². The largest absolute Gasteiger partial charge is 0.450 e. The van der Waals surface area contributed by atoms with Gasteiger partial charge in [0.15, 0.2) is 0 Å². The minimum absolute atomic E-state index is 0.130. The predicted octanol–water partition coefficient (Wildman–Crippen LogP) is 3.29. The number of benzene rings is 2. The lowest BCUT2D eigenvalue weighted by molar-refractivity contribution is -0.385. The summed E-state index contributed by atoms with van der Waals surface area (Å²) in [6.45, 7) is 2.25. The van der Waals surface area contributed by atoms with Gasteiger partial charge < -0.3 is 10.5 Å². The van der Waals surface area contributed by atoms with E-state index < -0.39 is 10.7 Å². The summed E-state index contributed by atoms with van der Waals surface area (Å²) in [5.74, 6) is -0.329. The minimum atomic E-state index is -0.615. The first-order valence-electron chi connectivity index (χ1n) is 5.92. The zero-order chi connectivity index (χ0) is 14.7. The summed E-state index contributed by atoms with van der Waals surface area (Å²) in [6, 6.07) is 8.21. The highest BCUT2D eigenvalue weighted by atomic mass is 19.1. The van der Waals surface area contributed by atoms with Gasteiger partial charge in [0.2, 0.25) is 5.75 Å². The second kappa shape index (κ2) is 5.66. The number of rotatable bonds is 4. The second-order valence-electron chi connectivity index (χ2n) is 4.26. The summed E-state index contributed by atoms with van der Waals surface area (Å²) < 4.78 is 18.6. The van der Waals surface area contributed by atoms with Gasteiger partial charge in [-0.05, 0) is 36.2 Å². The lowest BCUT2D eigenvalue weighted by atomic mass is 10.1. The molecule has 0 amide bonds. The Balaban J connectivity index is 2.36. The van der Waals surface area contributed by atoms with Gasteiger partial charge in [0.05, 0.1) is 4.92 Å². The quantitative estimate of drug-likeness (QED) is 0.686. The fourth-order valence-corrected chi connectivity index (χ4v) is 1.81. The maximum absolute atomic E-state index is 13.2. The van der Waals surface area contributed by atoms with Gasteiger partial charge >= 0.3 is 5.69 Å². The molecule has 0 spiro atoms. The van der Waals surface area contributed by atoms with Crippen molar-refractivity contribution in [2.45, 2.75) is 13.5 Å². The first-order valence-corrected chi connectivity index (χ1v) is 5.92. The number of nitro benzene ring substituents is 1. The van der Waals surface area contributed by atoms with E-state index in [1.54, 1.807) is 18.2 Å². The Kier molecular flexibility index (Phi) is 3.95. The summed E-state index contributed by atoms with van der Waals surface area (Å²) in [5, 5.41) is 10.9. The van der Waals surface area contributed by atoms with E-state index in [9.17, 15) is 14.5 Å². The van der Waals surface area contributed by atoms with Crippen LogP contribution >= 0.6 is 0 Å². The third-order valence-electron chi connectivity index (χ3n) is 2.88. The summed E-state index contributed by atoms with van der Waals surface area (Å²) in [6.07, 6.45) is 0. The number of halogens is 1. The maximum Gasteiger partial charge on any atom is 0.311 e. The third-order valence-corrected chi connectivity index (χ3v) is 2.88. The van der Waals surface area contributed by atoms with E-state index in [2.05, 4.69) is 0 Å². The predicted molar refractivity (Wildman–Crippen MR) is 72.2 cm³/mol. The van der Waals surface area contributed by atoms with Crippen LogP contribution in [0.3, 0.4) is 0 Å². The average molecular weight is 276 g/mol. The van der Waals surface area contributed by atoms with Crippen molar-refractivity contribution in [3.8, 4) is 11.5 Å². The standard InChI is InChI=1S/C14H13FN2O3/c1-9-6-12(4-2-10(9)8-16)20-14-7-11(15)3-5-13(14)17(18)19/h2-7H,8,16H2,1H3. The van der Waals surface area contributed by atoms with Gasteiger partial charge in [-0.25, -0.2) is 4.39 Å². The number of nitrogens with two attached hydrogens (primary N) is 1. The van der Waals surface area contributed by atoms with Crippen molar-refractivity contribution in [3.63, 3.8) is 0 Å². The number of hydrogen-bond acceptors (Lipinski definition) is 4. The molecule has 2 aromatic rings. The molecule has 0 aliphatic rings. The maximum atomic E-state index is 13.2. The number of aryl methyl sites for hydroxylation is 1. The first kappa shape index (κ1) is 14.0. The molecule has 20 heavy (non-hydrogen) atoms. The summed E-state index contributed by atoms with van der Waals surface area (Å²) in [7, 11) is 0. The highest BCUT2D eigenvalue weighted by molar-refractivity contribution is 5.49. The fraction of sp³-hybridized carbons (Fsp3) is 0.143. The molecule has 2 aromatic carbocycles. The molecule has 104 valence electrons. The monoisotopic (exact) mass is 276 g/mol. The van der Waals surface area contributed by atoms with Gasteiger partial charge in [-0.1, -0.05) is 6.07 Å². The third kappa shape index (κ3) is 2.92. The van der Waals surface area contributed by atoms with Crippen LogP contribution in [-0.4, -0.2) is 4.92 Å². The lowest BCUT2D eigenvalue weighted by Crippen LogP contribution is -1.99. The second-order valence-corrected chi connectivity index (χ2v) is 4.26. The van der Waals surface area contributed by atoms with Crippen LogP contribution in [0.25, 0.3) is 0 Å². The van der Waals surface area contributed by atoms with Crippen LogP contribution in [0.2, 0.25) is 0 Å². The Labute approximate surface area is 114 Å². The molecule has 0 unspecified atom stereocenters. The zero-order valence-electron chi connectivity index (χ0n) is 10.8. The average Bonchev–Trinajstić information content (AvgIpc) is 2.38. The van der Waals surface area contributed by atoms with Crippen LogP contribution in [0.4, 0.5) is 10.1 Å². The van der Waals surface area contributed by atoms with Crippen molar-refractivity contribution >= 4 is 5.69 Å². The molecule has 0 saturated heterocycles. The lowest BCUT2D eigenvalue weighted by Gasteiger charge is -2.09. The highest BCUT2D eigenvalue weighted by Crippen LogP contribution is 2.32. The number of ether oxygens (including phenoxy) is 1. The molecule has 2 N–H and O–H groups in total. The van der Waals surface area contributed by atoms with Crippen LogP contribution in [-0.2, 0) is 6.54 Å². The van der Waals surface area contributed by atoms with Gasteiger partial charge in [0.1, 0.15) is 11.6 Å². The van der Waals surface area contributed by atoms with Crippen LogP contribution in [0.1, 0.15) is 11.1 Å². The van der Waals surface area contributed by atoms with Crippen molar-refractivity contribution in [1.29, 1.82) is 0 Å². The molecule has 0 saturated carbocycles. The molecule has 0 atom stereocenters. The SMILES string of the molecule is Cc1cc(Oc2cc(F)ccc2[N+](=O)[O-])ccc1CN. The molecule has 5 nitrogen and oxygen atoms in total. The fourth-order valence-electron chi connectivity index (χ4n) is 1.81. The molecule has 0 bridgehead atoms. The van der Waals surface area contributed by atoms with Crippen LogP contribution in [0.5, 0.6) is 11.5 Å². The van der Waals surface area contributed by atoms with Gasteiger partial charge in [-0.15, -0.1) is 0 Å². The first-order chi connectivity index (χ1) is 9.51. The zero-order valence-corrected chi connectivity index (χ0v) is 10.8. The van der Waals surface area contributed by atoms with Crippen molar-refractivity contribution in [2.75, 3.05) is 0 Å². The normalized spacial score (nSPS) is 10.3. The molecule has 0 radical (unpaired) electrons.